The maximum atomic E-state index is 8.84. The van der Waals surface area contributed by atoms with Crippen molar-refractivity contribution in [2.75, 3.05) is 0 Å². The number of benzene rings is 1. The molecule has 0 aliphatic heterocycles. The molecule has 1 atom stereocenters. The van der Waals surface area contributed by atoms with Crippen LogP contribution in [0, 0.1) is 11.8 Å². The molecular weight excluding hydrogens is 160 g/mol. The van der Waals surface area contributed by atoms with Crippen molar-refractivity contribution in [2.24, 2.45) is 0 Å². The molecule has 0 saturated heterocycles. The Kier molecular flexibility index (Phi) is 6.68. The third-order valence-corrected chi connectivity index (χ3v) is 1.20. The second-order valence-corrected chi connectivity index (χ2v) is 2.31. The Morgan fingerprint density at radius 1 is 1.15 bits per heavy atom. The zero-order valence-corrected chi connectivity index (χ0v) is 8.41. The van der Waals surface area contributed by atoms with E-state index < -0.39 is 6.10 Å². The lowest BCUT2D eigenvalue weighted by Gasteiger charge is -1.88. The number of rotatable bonds is 0. The van der Waals surface area contributed by atoms with E-state index in [0.717, 1.165) is 5.56 Å². The van der Waals surface area contributed by atoms with Gasteiger partial charge in [0.1, 0.15) is 6.10 Å². The monoisotopic (exact) mass is 176 g/mol. The van der Waals surface area contributed by atoms with Gasteiger partial charge in [-0.15, -0.1) is 0 Å². The maximum absolute atomic E-state index is 8.84. The first-order valence-corrected chi connectivity index (χ1v) is 4.53. The van der Waals surface area contributed by atoms with Gasteiger partial charge in [0.2, 0.25) is 0 Å². The van der Waals surface area contributed by atoms with Crippen LogP contribution in [0.15, 0.2) is 30.3 Å². The second kappa shape index (κ2) is 7.39. The smallest absolute Gasteiger partial charge is 0.112 e. The Balaban J connectivity index is 0.000000671. The van der Waals surface area contributed by atoms with E-state index >= 15 is 0 Å². The molecule has 0 aliphatic rings. The van der Waals surface area contributed by atoms with Crippen molar-refractivity contribution in [1.29, 1.82) is 0 Å². The predicted octanol–water partition coefficient (Wildman–Crippen LogP) is 2.45. The van der Waals surface area contributed by atoms with Crippen LogP contribution in [-0.4, -0.2) is 11.2 Å². The van der Waals surface area contributed by atoms with E-state index in [9.17, 15) is 0 Å². The summed E-state index contributed by atoms with van der Waals surface area (Å²) in [5.41, 5.74) is 0.938. The van der Waals surface area contributed by atoms with Crippen molar-refractivity contribution in [3.63, 3.8) is 0 Å². The van der Waals surface area contributed by atoms with Gasteiger partial charge < -0.3 is 5.11 Å². The minimum absolute atomic E-state index is 0.546. The van der Waals surface area contributed by atoms with Crippen molar-refractivity contribution < 1.29 is 5.11 Å². The molecule has 0 heterocycles. The molecular formula is C12H16O. The van der Waals surface area contributed by atoms with Gasteiger partial charge in [0.05, 0.1) is 0 Å². The summed E-state index contributed by atoms with van der Waals surface area (Å²) in [4.78, 5) is 0. The molecule has 1 N–H and O–H groups in total. The molecule has 0 saturated carbocycles. The molecule has 1 heteroatoms. The van der Waals surface area contributed by atoms with Gasteiger partial charge in [0.25, 0.3) is 0 Å². The lowest BCUT2D eigenvalue weighted by Crippen LogP contribution is -1.92. The van der Waals surface area contributed by atoms with Crippen molar-refractivity contribution in [2.45, 2.75) is 26.9 Å². The molecule has 1 unspecified atom stereocenters. The molecule has 0 amide bonds. The minimum Gasteiger partial charge on any atom is -0.381 e. The average Bonchev–Trinajstić information content (AvgIpc) is 2.19. The van der Waals surface area contributed by atoms with E-state index in [1.54, 1.807) is 6.92 Å². The number of hydrogen-bond acceptors (Lipinski definition) is 1. The first-order valence-electron chi connectivity index (χ1n) is 4.53. The summed E-state index contributed by atoms with van der Waals surface area (Å²) in [6, 6.07) is 9.61. The average molecular weight is 176 g/mol. The fraction of sp³-hybridized carbons (Fsp3) is 0.333. The zero-order chi connectivity index (χ0) is 10.1. The van der Waals surface area contributed by atoms with Crippen LogP contribution in [0.25, 0.3) is 0 Å². The topological polar surface area (TPSA) is 20.2 Å². The van der Waals surface area contributed by atoms with Crippen LogP contribution < -0.4 is 0 Å². The van der Waals surface area contributed by atoms with Crippen molar-refractivity contribution in [1.82, 2.24) is 0 Å². The van der Waals surface area contributed by atoms with E-state index in [1.807, 2.05) is 44.2 Å². The van der Waals surface area contributed by atoms with Crippen molar-refractivity contribution >= 4 is 0 Å². The van der Waals surface area contributed by atoms with Crippen molar-refractivity contribution in [3.05, 3.63) is 35.9 Å². The number of hydrogen-bond donors (Lipinski definition) is 1. The quantitative estimate of drug-likeness (QED) is 0.602. The second-order valence-electron chi connectivity index (χ2n) is 2.31. The van der Waals surface area contributed by atoms with Crippen LogP contribution in [0.1, 0.15) is 26.3 Å². The maximum Gasteiger partial charge on any atom is 0.112 e. The highest BCUT2D eigenvalue weighted by Gasteiger charge is 1.84. The summed E-state index contributed by atoms with van der Waals surface area (Å²) >= 11 is 0. The van der Waals surface area contributed by atoms with E-state index in [1.165, 1.54) is 0 Å². The fourth-order valence-corrected chi connectivity index (χ4v) is 0.709. The standard InChI is InChI=1S/C10H10O.C2H6/c1-9(11)7-8-10-5-3-2-4-6-10;1-2/h2-6,9,11H,1H3;1-2H3. The van der Waals surface area contributed by atoms with Crippen LogP contribution in [0.4, 0.5) is 0 Å². The predicted molar refractivity (Wildman–Crippen MR) is 56.3 cm³/mol. The lowest BCUT2D eigenvalue weighted by atomic mass is 10.2. The third kappa shape index (κ3) is 5.95. The molecule has 13 heavy (non-hydrogen) atoms. The summed E-state index contributed by atoms with van der Waals surface area (Å²) in [5.74, 6) is 5.51. The first kappa shape index (κ1) is 11.7. The number of aliphatic hydroxyl groups is 1. The molecule has 1 aromatic carbocycles. The van der Waals surface area contributed by atoms with Gasteiger partial charge in [-0.2, -0.15) is 0 Å². The molecule has 0 aromatic heterocycles. The van der Waals surface area contributed by atoms with Gasteiger partial charge in [0, 0.05) is 5.56 Å². The molecule has 0 aliphatic carbocycles. The molecule has 1 rings (SSSR count). The molecule has 70 valence electrons. The molecule has 1 nitrogen and oxygen atoms in total. The van der Waals surface area contributed by atoms with Crippen LogP contribution >= 0.6 is 0 Å². The van der Waals surface area contributed by atoms with E-state index in [2.05, 4.69) is 11.8 Å². The molecule has 0 bridgehead atoms. The fourth-order valence-electron chi connectivity index (χ4n) is 0.709. The third-order valence-electron chi connectivity index (χ3n) is 1.20. The molecule has 0 radical (unpaired) electrons. The van der Waals surface area contributed by atoms with Gasteiger partial charge in [-0.25, -0.2) is 0 Å². The SMILES string of the molecule is CC.CC(O)C#Cc1ccccc1. The number of aliphatic hydroxyl groups excluding tert-OH is 1. The van der Waals surface area contributed by atoms with E-state index in [4.69, 9.17) is 5.11 Å². The Morgan fingerprint density at radius 3 is 2.15 bits per heavy atom. The van der Waals surface area contributed by atoms with Gasteiger partial charge in [-0.1, -0.05) is 43.9 Å². The zero-order valence-electron chi connectivity index (χ0n) is 8.41. The largest absolute Gasteiger partial charge is 0.381 e. The minimum atomic E-state index is -0.546. The van der Waals surface area contributed by atoms with Crippen LogP contribution in [0.2, 0.25) is 0 Å². The van der Waals surface area contributed by atoms with E-state index in [0.29, 0.717) is 0 Å². The van der Waals surface area contributed by atoms with Gasteiger partial charge >= 0.3 is 0 Å². The highest BCUT2D eigenvalue weighted by molar-refractivity contribution is 5.34. The Bertz CT molecular complexity index is 264. The Labute approximate surface area is 80.4 Å². The summed E-state index contributed by atoms with van der Waals surface area (Å²) in [6.07, 6.45) is -0.546. The molecule has 0 spiro atoms. The van der Waals surface area contributed by atoms with Crippen molar-refractivity contribution in [3.8, 4) is 11.8 Å². The highest BCUT2D eigenvalue weighted by atomic mass is 16.3. The van der Waals surface area contributed by atoms with Crippen LogP contribution in [0.5, 0.6) is 0 Å². The summed E-state index contributed by atoms with van der Waals surface area (Å²) in [7, 11) is 0. The summed E-state index contributed by atoms with van der Waals surface area (Å²) in [5, 5.41) is 8.84. The Morgan fingerprint density at radius 2 is 1.69 bits per heavy atom. The van der Waals surface area contributed by atoms with Gasteiger partial charge in [-0.3, -0.25) is 0 Å². The van der Waals surface area contributed by atoms with E-state index in [-0.39, 0.29) is 0 Å². The summed E-state index contributed by atoms with van der Waals surface area (Å²) in [6.45, 7) is 5.65. The lowest BCUT2D eigenvalue weighted by molar-refractivity contribution is 0.253. The highest BCUT2D eigenvalue weighted by Crippen LogP contribution is 1.94. The summed E-state index contributed by atoms with van der Waals surface area (Å²) < 4.78 is 0. The van der Waals surface area contributed by atoms with Crippen LogP contribution in [0.3, 0.4) is 0 Å². The van der Waals surface area contributed by atoms with Gasteiger partial charge in [-0.05, 0) is 19.1 Å². The van der Waals surface area contributed by atoms with Gasteiger partial charge in [0.15, 0.2) is 0 Å². The Hall–Kier alpha value is -1.26. The first-order chi connectivity index (χ1) is 6.29. The normalized spacial score (nSPS) is 10.2. The molecule has 0 fully saturated rings. The van der Waals surface area contributed by atoms with Crippen LogP contribution in [-0.2, 0) is 0 Å². The molecule has 1 aromatic rings.